The van der Waals surface area contributed by atoms with Gasteiger partial charge in [0.25, 0.3) is 0 Å². The topological polar surface area (TPSA) is 24.9 Å². The van der Waals surface area contributed by atoms with Crippen LogP contribution in [-0.2, 0) is 9.47 Å². The van der Waals surface area contributed by atoms with E-state index in [4.69, 9.17) is 9.47 Å². The molecule has 0 unspecified atom stereocenters. The summed E-state index contributed by atoms with van der Waals surface area (Å²) in [6.07, 6.45) is -2.80. The summed E-state index contributed by atoms with van der Waals surface area (Å²) in [6.45, 7) is 5.72. The summed E-state index contributed by atoms with van der Waals surface area (Å²) in [5.41, 5.74) is 0. The van der Waals surface area contributed by atoms with Gasteiger partial charge >= 0.3 is 6.17 Å². The van der Waals surface area contributed by atoms with Crippen molar-refractivity contribution in [3.63, 3.8) is 0 Å². The lowest BCUT2D eigenvalue weighted by Crippen LogP contribution is -2.48. The molecule has 0 N–H and O–H groups in total. The fourth-order valence-electron chi connectivity index (χ4n) is 1.80. The molecule has 0 aliphatic carbocycles. The van der Waals surface area contributed by atoms with Crippen LogP contribution >= 0.6 is 0 Å². The summed E-state index contributed by atoms with van der Waals surface area (Å²) in [7, 11) is 1.52. The summed E-state index contributed by atoms with van der Waals surface area (Å²) in [5.74, 6) is 0. The van der Waals surface area contributed by atoms with Crippen LogP contribution in [0.4, 0.5) is 8.78 Å². The van der Waals surface area contributed by atoms with E-state index < -0.39 is 6.17 Å². The lowest BCUT2D eigenvalue weighted by atomic mass is 10.5. The number of methoxy groups -OCH3 is 1. The van der Waals surface area contributed by atoms with E-state index in [9.17, 15) is 8.78 Å². The second-order valence-corrected chi connectivity index (χ2v) is 4.40. The average molecular weight is 252 g/mol. The van der Waals surface area contributed by atoms with Gasteiger partial charge in [-0.1, -0.05) is 0 Å². The van der Waals surface area contributed by atoms with Crippen LogP contribution in [-0.4, -0.2) is 68.6 Å². The molecule has 102 valence electrons. The summed E-state index contributed by atoms with van der Waals surface area (Å²) < 4.78 is 37.8. The summed E-state index contributed by atoms with van der Waals surface area (Å²) in [5, 5.41) is 0. The standard InChI is InChI=1S/C11H22F2N2O2/c1-10(2)17-9-7-15-5-4-14(6-8-16-3)11(15,12)13/h10H,4-9H2,1-3H3. The highest BCUT2D eigenvalue weighted by Crippen LogP contribution is 2.29. The third-order valence-electron chi connectivity index (χ3n) is 2.78. The van der Waals surface area contributed by atoms with Crippen molar-refractivity contribution in [1.29, 1.82) is 0 Å². The van der Waals surface area contributed by atoms with Gasteiger partial charge in [0.1, 0.15) is 0 Å². The molecule has 17 heavy (non-hydrogen) atoms. The van der Waals surface area contributed by atoms with E-state index in [0.717, 1.165) is 9.80 Å². The maximum atomic E-state index is 13.9. The zero-order valence-electron chi connectivity index (χ0n) is 10.8. The van der Waals surface area contributed by atoms with E-state index in [2.05, 4.69) is 0 Å². The smallest absolute Gasteiger partial charge is 0.369 e. The Morgan fingerprint density at radius 3 is 2.12 bits per heavy atom. The fourth-order valence-corrected chi connectivity index (χ4v) is 1.80. The number of hydrogen-bond donors (Lipinski definition) is 0. The van der Waals surface area contributed by atoms with E-state index in [0.29, 0.717) is 26.3 Å². The lowest BCUT2D eigenvalue weighted by molar-refractivity contribution is -0.215. The molecule has 0 atom stereocenters. The van der Waals surface area contributed by atoms with Gasteiger partial charge in [0.05, 0.1) is 19.3 Å². The van der Waals surface area contributed by atoms with Crippen LogP contribution in [0.3, 0.4) is 0 Å². The average Bonchev–Trinajstić information content (AvgIpc) is 2.51. The summed E-state index contributed by atoms with van der Waals surface area (Å²) in [4.78, 5) is 2.30. The van der Waals surface area contributed by atoms with Crippen molar-refractivity contribution < 1.29 is 18.3 Å². The van der Waals surface area contributed by atoms with Gasteiger partial charge in [0, 0.05) is 33.3 Å². The van der Waals surface area contributed by atoms with Crippen LogP contribution in [0, 0.1) is 0 Å². The second kappa shape index (κ2) is 6.58. The molecule has 0 saturated carbocycles. The number of halogens is 2. The number of hydrogen-bond acceptors (Lipinski definition) is 4. The van der Waals surface area contributed by atoms with Gasteiger partial charge in [-0.25, -0.2) is 9.80 Å². The van der Waals surface area contributed by atoms with Crippen molar-refractivity contribution in [2.24, 2.45) is 0 Å². The molecule has 0 radical (unpaired) electrons. The first-order valence-electron chi connectivity index (χ1n) is 5.97. The van der Waals surface area contributed by atoms with Gasteiger partial charge in [-0.3, -0.25) is 0 Å². The monoisotopic (exact) mass is 252 g/mol. The summed E-state index contributed by atoms with van der Waals surface area (Å²) >= 11 is 0. The lowest BCUT2D eigenvalue weighted by Gasteiger charge is -2.29. The minimum Gasteiger partial charge on any atom is -0.383 e. The van der Waals surface area contributed by atoms with Gasteiger partial charge in [-0.15, -0.1) is 0 Å². The van der Waals surface area contributed by atoms with Crippen molar-refractivity contribution in [3.05, 3.63) is 0 Å². The largest absolute Gasteiger partial charge is 0.383 e. The van der Waals surface area contributed by atoms with E-state index in [1.807, 2.05) is 13.8 Å². The van der Waals surface area contributed by atoms with Gasteiger partial charge < -0.3 is 9.47 Å². The van der Waals surface area contributed by atoms with Gasteiger partial charge in [0.2, 0.25) is 0 Å². The van der Waals surface area contributed by atoms with Crippen LogP contribution in [0.5, 0.6) is 0 Å². The molecule has 0 amide bonds. The molecular formula is C11H22F2N2O2. The molecule has 4 nitrogen and oxygen atoms in total. The molecule has 6 heteroatoms. The molecule has 1 saturated heterocycles. The quantitative estimate of drug-likeness (QED) is 0.636. The van der Waals surface area contributed by atoms with Crippen molar-refractivity contribution in [3.8, 4) is 0 Å². The number of alkyl halides is 2. The van der Waals surface area contributed by atoms with Crippen LogP contribution in [0.25, 0.3) is 0 Å². The molecule has 1 heterocycles. The Balaban J connectivity index is 2.37. The van der Waals surface area contributed by atoms with Crippen molar-refractivity contribution in [1.82, 2.24) is 9.80 Å². The Hall–Kier alpha value is -0.300. The highest BCUT2D eigenvalue weighted by Gasteiger charge is 2.48. The van der Waals surface area contributed by atoms with Crippen LogP contribution in [0.2, 0.25) is 0 Å². The Morgan fingerprint density at radius 2 is 1.65 bits per heavy atom. The minimum absolute atomic E-state index is 0.0795. The molecule has 1 fully saturated rings. The van der Waals surface area contributed by atoms with Gasteiger partial charge in [-0.05, 0) is 13.8 Å². The van der Waals surface area contributed by atoms with E-state index >= 15 is 0 Å². The van der Waals surface area contributed by atoms with Crippen LogP contribution in [0.1, 0.15) is 13.8 Å². The molecule has 0 aromatic rings. The third-order valence-corrected chi connectivity index (χ3v) is 2.78. The second-order valence-electron chi connectivity index (χ2n) is 4.40. The molecule has 0 spiro atoms. The molecular weight excluding hydrogens is 230 g/mol. The Labute approximate surface area is 101 Å². The Morgan fingerprint density at radius 1 is 1.12 bits per heavy atom. The van der Waals surface area contributed by atoms with Gasteiger partial charge in [0.15, 0.2) is 0 Å². The maximum Gasteiger partial charge on any atom is 0.369 e. The van der Waals surface area contributed by atoms with Crippen molar-refractivity contribution in [2.45, 2.75) is 26.1 Å². The summed E-state index contributed by atoms with van der Waals surface area (Å²) in [6, 6.07) is 0. The number of ether oxygens (including phenoxy) is 2. The first kappa shape index (κ1) is 14.8. The molecule has 1 rings (SSSR count). The number of nitrogens with zero attached hydrogens (tertiary/aromatic N) is 2. The maximum absolute atomic E-state index is 13.9. The highest BCUT2D eigenvalue weighted by atomic mass is 19.3. The third kappa shape index (κ3) is 4.13. The predicted octanol–water partition coefficient (Wildman–Crippen LogP) is 1.23. The number of rotatable bonds is 7. The van der Waals surface area contributed by atoms with Crippen molar-refractivity contribution >= 4 is 0 Å². The molecule has 0 aromatic carbocycles. The van der Waals surface area contributed by atoms with Gasteiger partial charge in [-0.2, -0.15) is 8.78 Å². The zero-order valence-corrected chi connectivity index (χ0v) is 10.8. The SMILES string of the molecule is COCCN1CCN(CCOC(C)C)C1(F)F. The van der Waals surface area contributed by atoms with E-state index in [-0.39, 0.29) is 19.2 Å². The van der Waals surface area contributed by atoms with Crippen LogP contribution < -0.4 is 0 Å². The molecule has 0 bridgehead atoms. The Bertz CT molecular complexity index is 228. The predicted molar refractivity (Wildman–Crippen MR) is 61.1 cm³/mol. The molecule has 1 aliphatic rings. The minimum atomic E-state index is -2.88. The fraction of sp³-hybridized carbons (Fsp3) is 1.00. The van der Waals surface area contributed by atoms with Crippen LogP contribution in [0.15, 0.2) is 0 Å². The van der Waals surface area contributed by atoms with E-state index in [1.165, 1.54) is 7.11 Å². The highest BCUT2D eigenvalue weighted by molar-refractivity contribution is 4.80. The first-order valence-corrected chi connectivity index (χ1v) is 5.97. The van der Waals surface area contributed by atoms with Crippen molar-refractivity contribution in [2.75, 3.05) is 46.5 Å². The van der Waals surface area contributed by atoms with E-state index in [1.54, 1.807) is 0 Å². The molecule has 0 aromatic heterocycles. The zero-order chi connectivity index (χ0) is 12.9. The normalized spacial score (nSPS) is 21.5. The first-order chi connectivity index (χ1) is 7.98. The Kier molecular flexibility index (Phi) is 5.72. The molecule has 1 aliphatic heterocycles.